The van der Waals surface area contributed by atoms with E-state index < -0.39 is 0 Å². The third-order valence-electron chi connectivity index (χ3n) is 4.68. The Morgan fingerprint density at radius 2 is 2.07 bits per heavy atom. The molecule has 1 N–H and O–H groups in total. The molecule has 0 aliphatic carbocycles. The van der Waals surface area contributed by atoms with Crippen LogP contribution in [0.15, 0.2) is 36.4 Å². The van der Waals surface area contributed by atoms with Crippen LogP contribution in [0.2, 0.25) is 0 Å². The van der Waals surface area contributed by atoms with Gasteiger partial charge in [0, 0.05) is 31.8 Å². The molecule has 8 nitrogen and oxygen atoms in total. The first-order valence-electron chi connectivity index (χ1n) is 9.19. The third-order valence-corrected chi connectivity index (χ3v) is 4.68. The fourth-order valence-electron chi connectivity index (χ4n) is 3.19. The Kier molecular flexibility index (Phi) is 5.16. The second-order valence-corrected chi connectivity index (χ2v) is 6.72. The van der Waals surface area contributed by atoms with Gasteiger partial charge in [0.05, 0.1) is 6.10 Å². The Bertz CT molecular complexity index is 974. The molecule has 1 unspecified atom stereocenters. The molecule has 1 atom stereocenters. The van der Waals surface area contributed by atoms with Crippen LogP contribution in [0.4, 0.5) is 10.2 Å². The fraction of sp³-hybridized carbons (Fsp3) is 0.368. The van der Waals surface area contributed by atoms with Crippen molar-refractivity contribution >= 4 is 17.4 Å². The molecule has 1 aromatic carbocycles. The molecule has 28 heavy (non-hydrogen) atoms. The summed E-state index contributed by atoms with van der Waals surface area (Å²) in [5.41, 5.74) is 1.12. The number of hydrogen-bond donors (Lipinski definition) is 1. The molecule has 1 aliphatic heterocycles. The van der Waals surface area contributed by atoms with Crippen molar-refractivity contribution in [3.05, 3.63) is 53.6 Å². The first kappa shape index (κ1) is 18.3. The molecule has 3 heterocycles. The fourth-order valence-corrected chi connectivity index (χ4v) is 3.19. The summed E-state index contributed by atoms with van der Waals surface area (Å²) < 4.78 is 20.6. The summed E-state index contributed by atoms with van der Waals surface area (Å²) in [7, 11) is 0. The van der Waals surface area contributed by atoms with Gasteiger partial charge < -0.3 is 15.0 Å². The molecule has 9 heteroatoms. The van der Waals surface area contributed by atoms with Crippen molar-refractivity contribution in [2.24, 2.45) is 0 Å². The van der Waals surface area contributed by atoms with E-state index >= 15 is 0 Å². The van der Waals surface area contributed by atoms with Crippen LogP contribution >= 0.6 is 0 Å². The number of anilines is 1. The van der Waals surface area contributed by atoms with Gasteiger partial charge in [-0.15, -0.1) is 15.3 Å². The summed E-state index contributed by atoms with van der Waals surface area (Å²) in [4.78, 5) is 14.4. The van der Waals surface area contributed by atoms with Gasteiger partial charge in [-0.05, 0) is 49.7 Å². The SMILES string of the molecule is Cc1nnc2ccc(N3CCCOC(CNC(=O)c4ccc(F)cc4)C3)nn12. The Balaban J connectivity index is 1.42. The Morgan fingerprint density at radius 3 is 2.89 bits per heavy atom. The van der Waals surface area contributed by atoms with Gasteiger partial charge in [0.2, 0.25) is 0 Å². The minimum Gasteiger partial charge on any atom is -0.374 e. The molecule has 2 aromatic heterocycles. The smallest absolute Gasteiger partial charge is 0.251 e. The molecule has 0 spiro atoms. The lowest BCUT2D eigenvalue weighted by atomic mass is 10.2. The quantitative estimate of drug-likeness (QED) is 0.736. The van der Waals surface area contributed by atoms with E-state index in [1.807, 2.05) is 19.1 Å². The van der Waals surface area contributed by atoms with E-state index in [1.54, 1.807) is 4.52 Å². The Morgan fingerprint density at radius 1 is 1.25 bits per heavy atom. The molecule has 0 bridgehead atoms. The molecule has 4 rings (SSSR count). The molecular weight excluding hydrogens is 363 g/mol. The average Bonchev–Trinajstić information content (AvgIpc) is 2.92. The lowest BCUT2D eigenvalue weighted by Gasteiger charge is -2.25. The van der Waals surface area contributed by atoms with Crippen LogP contribution in [0.5, 0.6) is 0 Å². The predicted octanol–water partition coefficient (Wildman–Crippen LogP) is 1.60. The maximum absolute atomic E-state index is 13.0. The van der Waals surface area contributed by atoms with Gasteiger partial charge in [-0.25, -0.2) is 4.39 Å². The first-order chi connectivity index (χ1) is 13.6. The highest BCUT2D eigenvalue weighted by molar-refractivity contribution is 5.94. The van der Waals surface area contributed by atoms with Crippen LogP contribution in [0.1, 0.15) is 22.6 Å². The second kappa shape index (κ2) is 7.89. The highest BCUT2D eigenvalue weighted by Gasteiger charge is 2.21. The van der Waals surface area contributed by atoms with Crippen molar-refractivity contribution in [1.29, 1.82) is 0 Å². The van der Waals surface area contributed by atoms with Gasteiger partial charge in [0.15, 0.2) is 11.5 Å². The molecule has 3 aromatic rings. The van der Waals surface area contributed by atoms with Crippen LogP contribution in [0, 0.1) is 12.7 Å². The number of fused-ring (bicyclic) bond motifs is 1. The first-order valence-corrected chi connectivity index (χ1v) is 9.19. The number of carbonyl (C=O) groups is 1. The van der Waals surface area contributed by atoms with E-state index in [9.17, 15) is 9.18 Å². The van der Waals surface area contributed by atoms with Crippen LogP contribution in [-0.2, 0) is 4.74 Å². The third kappa shape index (κ3) is 3.94. The zero-order valence-electron chi connectivity index (χ0n) is 15.5. The number of carbonyl (C=O) groups excluding carboxylic acids is 1. The second-order valence-electron chi connectivity index (χ2n) is 6.72. The number of amides is 1. The molecular formula is C19H21FN6O2. The van der Waals surface area contributed by atoms with Crippen molar-refractivity contribution in [2.45, 2.75) is 19.4 Å². The van der Waals surface area contributed by atoms with Gasteiger partial charge in [-0.1, -0.05) is 0 Å². The van der Waals surface area contributed by atoms with E-state index in [4.69, 9.17) is 4.74 Å². The minimum absolute atomic E-state index is 0.175. The summed E-state index contributed by atoms with van der Waals surface area (Å²) >= 11 is 0. The summed E-state index contributed by atoms with van der Waals surface area (Å²) in [6.45, 7) is 4.24. The van der Waals surface area contributed by atoms with E-state index in [1.165, 1.54) is 24.3 Å². The Hall–Kier alpha value is -3.07. The van der Waals surface area contributed by atoms with Crippen LogP contribution < -0.4 is 10.2 Å². The number of rotatable bonds is 4. The van der Waals surface area contributed by atoms with E-state index in [2.05, 4.69) is 25.5 Å². The maximum Gasteiger partial charge on any atom is 0.251 e. The minimum atomic E-state index is -0.368. The number of aromatic nitrogens is 4. The molecule has 0 radical (unpaired) electrons. The van der Waals surface area contributed by atoms with Gasteiger partial charge >= 0.3 is 0 Å². The predicted molar refractivity (Wildman–Crippen MR) is 101 cm³/mol. The van der Waals surface area contributed by atoms with Crippen molar-refractivity contribution in [3.63, 3.8) is 0 Å². The number of hydrogen-bond acceptors (Lipinski definition) is 6. The van der Waals surface area contributed by atoms with Crippen LogP contribution in [0.3, 0.4) is 0 Å². The number of nitrogens with one attached hydrogen (secondary N) is 1. The maximum atomic E-state index is 13.0. The lowest BCUT2D eigenvalue weighted by molar-refractivity contribution is 0.0639. The lowest BCUT2D eigenvalue weighted by Crippen LogP contribution is -2.40. The number of ether oxygens (including phenoxy) is 1. The summed E-state index contributed by atoms with van der Waals surface area (Å²) in [5.74, 6) is 0.924. The number of aryl methyl sites for hydroxylation is 1. The van der Waals surface area contributed by atoms with Gasteiger partial charge in [0.25, 0.3) is 5.91 Å². The largest absolute Gasteiger partial charge is 0.374 e. The zero-order valence-corrected chi connectivity index (χ0v) is 15.5. The molecule has 1 aliphatic rings. The monoisotopic (exact) mass is 384 g/mol. The molecule has 1 saturated heterocycles. The van der Waals surface area contributed by atoms with Gasteiger partial charge in [-0.3, -0.25) is 4.79 Å². The summed E-state index contributed by atoms with van der Waals surface area (Å²) in [6, 6.07) is 9.28. The molecule has 1 amide bonds. The molecule has 1 fully saturated rings. The topological polar surface area (TPSA) is 84.6 Å². The zero-order chi connectivity index (χ0) is 19.5. The van der Waals surface area contributed by atoms with Crippen molar-refractivity contribution < 1.29 is 13.9 Å². The van der Waals surface area contributed by atoms with Crippen molar-refractivity contribution in [3.8, 4) is 0 Å². The number of halogens is 1. The molecule has 146 valence electrons. The summed E-state index contributed by atoms with van der Waals surface area (Å²) in [6.07, 6.45) is 0.690. The standard InChI is InChI=1S/C19H21FN6O2/c1-13-22-23-17-7-8-18(24-26(13)17)25-9-2-10-28-16(12-25)11-21-19(27)14-3-5-15(20)6-4-14/h3-8,16H,2,9-12H2,1H3,(H,21,27). The number of benzene rings is 1. The van der Waals surface area contributed by atoms with Gasteiger partial charge in [0.1, 0.15) is 11.6 Å². The van der Waals surface area contributed by atoms with Crippen molar-refractivity contribution in [1.82, 2.24) is 25.1 Å². The Labute approximate surface area is 161 Å². The molecule has 0 saturated carbocycles. The number of nitrogens with zero attached hydrogens (tertiary/aromatic N) is 5. The average molecular weight is 384 g/mol. The van der Waals surface area contributed by atoms with E-state index in [-0.39, 0.29) is 17.8 Å². The van der Waals surface area contributed by atoms with E-state index in [0.29, 0.717) is 30.9 Å². The summed E-state index contributed by atoms with van der Waals surface area (Å²) in [5, 5.41) is 15.6. The normalized spacial score (nSPS) is 17.5. The van der Waals surface area contributed by atoms with Crippen LogP contribution in [-0.4, -0.2) is 58.1 Å². The highest BCUT2D eigenvalue weighted by Crippen LogP contribution is 2.16. The van der Waals surface area contributed by atoms with Gasteiger partial charge in [-0.2, -0.15) is 4.52 Å². The van der Waals surface area contributed by atoms with E-state index in [0.717, 1.165) is 24.6 Å². The highest BCUT2D eigenvalue weighted by atomic mass is 19.1. The van der Waals surface area contributed by atoms with Crippen LogP contribution in [0.25, 0.3) is 5.65 Å². The van der Waals surface area contributed by atoms with Crippen molar-refractivity contribution in [2.75, 3.05) is 31.1 Å².